The highest BCUT2D eigenvalue weighted by Crippen LogP contribution is 2.37. The van der Waals surface area contributed by atoms with Gasteiger partial charge in [-0.05, 0) is 78.8 Å². The van der Waals surface area contributed by atoms with Gasteiger partial charge in [0.2, 0.25) is 0 Å². The second kappa shape index (κ2) is 6.46. The Hall–Kier alpha value is -1.28. The lowest BCUT2D eigenvalue weighted by atomic mass is 9.75. The number of hydrogen-bond acceptors (Lipinski definition) is 2. The van der Waals surface area contributed by atoms with E-state index in [1.807, 2.05) is 0 Å². The molecule has 0 radical (unpaired) electrons. The molecule has 0 bridgehead atoms. The molecule has 138 valence electrons. The van der Waals surface area contributed by atoms with Crippen molar-refractivity contribution in [2.75, 3.05) is 20.1 Å². The van der Waals surface area contributed by atoms with Gasteiger partial charge < -0.3 is 4.90 Å². The average molecular weight is 341 g/mol. The van der Waals surface area contributed by atoms with Crippen molar-refractivity contribution >= 4 is 0 Å². The van der Waals surface area contributed by atoms with E-state index in [9.17, 15) is 0 Å². The molecule has 2 aliphatic heterocycles. The van der Waals surface area contributed by atoms with Crippen LogP contribution in [0, 0.1) is 20.8 Å². The summed E-state index contributed by atoms with van der Waals surface area (Å²) in [5.74, 6) is 0. The molecule has 2 nitrogen and oxygen atoms in total. The summed E-state index contributed by atoms with van der Waals surface area (Å²) >= 11 is 0. The lowest BCUT2D eigenvalue weighted by Gasteiger charge is -2.37. The molecular weight excluding hydrogens is 304 g/mol. The zero-order valence-corrected chi connectivity index (χ0v) is 17.4. The van der Waals surface area contributed by atoms with E-state index in [4.69, 9.17) is 0 Å². The normalized spacial score (nSPS) is 21.8. The fourth-order valence-corrected chi connectivity index (χ4v) is 5.18. The quantitative estimate of drug-likeness (QED) is 0.757. The molecule has 0 unspecified atom stereocenters. The number of nitrogens with zero attached hydrogens (tertiary/aromatic N) is 2. The summed E-state index contributed by atoms with van der Waals surface area (Å²) in [6, 6.07) is 0.644. The second-order valence-corrected chi connectivity index (χ2v) is 9.31. The maximum absolute atomic E-state index is 4.19. The van der Waals surface area contributed by atoms with Gasteiger partial charge in [-0.3, -0.25) is 4.90 Å². The highest BCUT2D eigenvalue weighted by molar-refractivity contribution is 5.53. The second-order valence-electron chi connectivity index (χ2n) is 9.31. The minimum absolute atomic E-state index is 0.220. The van der Waals surface area contributed by atoms with Crippen molar-refractivity contribution in [1.82, 2.24) is 9.80 Å². The zero-order chi connectivity index (χ0) is 18.5. The van der Waals surface area contributed by atoms with Gasteiger partial charge in [0.15, 0.2) is 0 Å². The summed E-state index contributed by atoms with van der Waals surface area (Å²) in [6.45, 7) is 21.8. The fraction of sp³-hybridized carbons (Fsp3) is 0.652. The Morgan fingerprint density at radius 1 is 1.00 bits per heavy atom. The first-order chi connectivity index (χ1) is 11.6. The van der Waals surface area contributed by atoms with E-state index in [1.165, 1.54) is 42.8 Å². The molecule has 0 N–H and O–H groups in total. The van der Waals surface area contributed by atoms with E-state index in [2.05, 4.69) is 65.0 Å². The van der Waals surface area contributed by atoms with Crippen molar-refractivity contribution < 1.29 is 0 Å². The van der Waals surface area contributed by atoms with Gasteiger partial charge >= 0.3 is 0 Å². The third kappa shape index (κ3) is 3.26. The van der Waals surface area contributed by atoms with Gasteiger partial charge in [0.1, 0.15) is 0 Å². The molecule has 2 heterocycles. The Morgan fingerprint density at radius 2 is 1.68 bits per heavy atom. The Balaban J connectivity index is 1.88. The van der Waals surface area contributed by atoms with E-state index in [-0.39, 0.29) is 5.41 Å². The molecule has 1 aromatic rings. The molecule has 0 aromatic heterocycles. The van der Waals surface area contributed by atoms with Gasteiger partial charge in [-0.25, -0.2) is 0 Å². The topological polar surface area (TPSA) is 6.48 Å². The van der Waals surface area contributed by atoms with Crippen LogP contribution in [0.25, 0.3) is 0 Å². The van der Waals surface area contributed by atoms with E-state index in [0.717, 1.165) is 13.0 Å². The number of hydrogen-bond donors (Lipinski definition) is 0. The molecule has 25 heavy (non-hydrogen) atoms. The third-order valence-electron chi connectivity index (χ3n) is 6.67. The molecule has 3 rings (SSSR count). The van der Waals surface area contributed by atoms with Crippen LogP contribution in [0.1, 0.15) is 67.0 Å². The Morgan fingerprint density at radius 3 is 2.24 bits per heavy atom. The van der Waals surface area contributed by atoms with Gasteiger partial charge in [-0.2, -0.15) is 0 Å². The predicted octanol–water partition coefficient (Wildman–Crippen LogP) is 4.88. The van der Waals surface area contributed by atoms with Crippen LogP contribution >= 0.6 is 0 Å². The van der Waals surface area contributed by atoms with Crippen LogP contribution in [0.15, 0.2) is 12.3 Å². The molecule has 0 amide bonds. The predicted molar refractivity (Wildman–Crippen MR) is 108 cm³/mol. The van der Waals surface area contributed by atoms with Crippen LogP contribution in [0.2, 0.25) is 0 Å². The van der Waals surface area contributed by atoms with Crippen molar-refractivity contribution in [3.63, 3.8) is 0 Å². The highest BCUT2D eigenvalue weighted by Gasteiger charge is 2.30. The molecule has 0 aliphatic carbocycles. The van der Waals surface area contributed by atoms with E-state index >= 15 is 0 Å². The summed E-state index contributed by atoms with van der Waals surface area (Å²) in [7, 11) is 2.22. The molecule has 1 atom stereocenters. The van der Waals surface area contributed by atoms with Crippen molar-refractivity contribution in [1.29, 1.82) is 0 Å². The minimum atomic E-state index is 0.220. The van der Waals surface area contributed by atoms with Crippen molar-refractivity contribution in [3.05, 3.63) is 45.7 Å². The van der Waals surface area contributed by atoms with Crippen LogP contribution in [0.5, 0.6) is 0 Å². The van der Waals surface area contributed by atoms with Crippen molar-refractivity contribution in [2.45, 2.75) is 78.8 Å². The Labute approximate surface area is 154 Å². The summed E-state index contributed by atoms with van der Waals surface area (Å²) in [5.41, 5.74) is 10.9. The largest absolute Gasteiger partial charge is 0.374 e. The van der Waals surface area contributed by atoms with E-state index < -0.39 is 0 Å². The number of fused-ring (bicyclic) bond motifs is 1. The SMILES string of the molecule is C=C1CC[C@@H](CN2CCc3c(C)c(C(C)(C)C)c(C)c(C)c3C2)N1C. The highest BCUT2D eigenvalue weighted by atomic mass is 15.2. The first kappa shape index (κ1) is 18.5. The maximum atomic E-state index is 4.19. The minimum Gasteiger partial charge on any atom is -0.374 e. The van der Waals surface area contributed by atoms with Crippen molar-refractivity contribution in [3.8, 4) is 0 Å². The fourth-order valence-electron chi connectivity index (χ4n) is 5.18. The number of allylic oxidation sites excluding steroid dienone is 1. The molecule has 2 heteroatoms. The Bertz CT molecular complexity index is 693. The molecule has 2 aliphatic rings. The smallest absolute Gasteiger partial charge is 0.0414 e. The molecule has 1 aromatic carbocycles. The van der Waals surface area contributed by atoms with Gasteiger partial charge in [-0.1, -0.05) is 27.4 Å². The van der Waals surface area contributed by atoms with Crippen LogP contribution in [0.3, 0.4) is 0 Å². The molecule has 1 fully saturated rings. The van der Waals surface area contributed by atoms with Gasteiger partial charge in [0.05, 0.1) is 0 Å². The zero-order valence-electron chi connectivity index (χ0n) is 17.4. The first-order valence-electron chi connectivity index (χ1n) is 9.86. The first-order valence-corrected chi connectivity index (χ1v) is 9.86. The van der Waals surface area contributed by atoms with E-state index in [0.29, 0.717) is 6.04 Å². The Kier molecular flexibility index (Phi) is 4.79. The van der Waals surface area contributed by atoms with Crippen LogP contribution < -0.4 is 0 Å². The average Bonchev–Trinajstić information content (AvgIpc) is 2.83. The molecular formula is C23H36N2. The summed E-state index contributed by atoms with van der Waals surface area (Å²) < 4.78 is 0. The molecule has 1 saturated heterocycles. The summed E-state index contributed by atoms with van der Waals surface area (Å²) in [4.78, 5) is 5.08. The number of likely N-dealkylation sites (tertiary alicyclic amines) is 1. The van der Waals surface area contributed by atoms with Crippen molar-refractivity contribution in [2.24, 2.45) is 0 Å². The van der Waals surface area contributed by atoms with Crippen LogP contribution in [-0.2, 0) is 18.4 Å². The monoisotopic (exact) mass is 340 g/mol. The number of benzene rings is 1. The lowest BCUT2D eigenvalue weighted by Crippen LogP contribution is -2.41. The summed E-state index contributed by atoms with van der Waals surface area (Å²) in [6.07, 6.45) is 3.62. The van der Waals surface area contributed by atoms with Gasteiger partial charge in [0.25, 0.3) is 0 Å². The van der Waals surface area contributed by atoms with Crippen LogP contribution in [-0.4, -0.2) is 36.0 Å². The number of rotatable bonds is 2. The number of likely N-dealkylation sites (N-methyl/N-ethyl adjacent to an activating group) is 1. The molecule has 0 saturated carbocycles. The van der Waals surface area contributed by atoms with Gasteiger partial charge in [0, 0.05) is 38.4 Å². The standard InChI is InChI=1S/C23H36N2/c1-15-9-10-19(24(15)8)13-25-12-11-20-18(4)22(23(5,6)7)17(3)16(2)21(20)14-25/h19H,1,9-14H2,2-8H3/t19-/m0/s1. The lowest BCUT2D eigenvalue weighted by molar-refractivity contribution is 0.190. The molecule has 0 spiro atoms. The van der Waals surface area contributed by atoms with Crippen LogP contribution in [0.4, 0.5) is 0 Å². The third-order valence-corrected chi connectivity index (χ3v) is 6.67. The summed E-state index contributed by atoms with van der Waals surface area (Å²) in [5, 5.41) is 0. The maximum Gasteiger partial charge on any atom is 0.0414 e. The van der Waals surface area contributed by atoms with E-state index in [1.54, 1.807) is 22.3 Å². The van der Waals surface area contributed by atoms with Gasteiger partial charge in [-0.15, -0.1) is 0 Å².